The number of hydrogen-bond donors (Lipinski definition) is 2. The number of likely N-dealkylation sites (N-methyl/N-ethyl adjacent to an activating group) is 1. The van der Waals surface area contributed by atoms with E-state index < -0.39 is 0 Å². The van der Waals surface area contributed by atoms with E-state index in [9.17, 15) is 10.1 Å². The largest absolute Gasteiger partial charge is 0.368 e. The van der Waals surface area contributed by atoms with E-state index in [1.807, 2.05) is 53.1 Å². The van der Waals surface area contributed by atoms with Gasteiger partial charge in [0, 0.05) is 37.4 Å². The van der Waals surface area contributed by atoms with Crippen LogP contribution in [0.2, 0.25) is 0 Å². The topological polar surface area (TPSA) is 112 Å². The van der Waals surface area contributed by atoms with Gasteiger partial charge in [0.2, 0.25) is 0 Å². The van der Waals surface area contributed by atoms with Crippen LogP contribution in [0.1, 0.15) is 60.8 Å². The summed E-state index contributed by atoms with van der Waals surface area (Å²) in [6, 6.07) is 8.85. The second-order valence-electron chi connectivity index (χ2n) is 10.3. The highest BCUT2D eigenvalue weighted by atomic mass is 16.2. The summed E-state index contributed by atoms with van der Waals surface area (Å²) in [7, 11) is 1.99. The summed E-state index contributed by atoms with van der Waals surface area (Å²) in [6.45, 7) is 10.2. The first kappa shape index (κ1) is 25.3. The highest BCUT2D eigenvalue weighted by molar-refractivity contribution is 5.91. The van der Waals surface area contributed by atoms with Gasteiger partial charge in [-0.05, 0) is 64.3 Å². The van der Waals surface area contributed by atoms with Crippen LogP contribution in [0.5, 0.6) is 0 Å². The average Bonchev–Trinajstić information content (AvgIpc) is 3.39. The summed E-state index contributed by atoms with van der Waals surface area (Å²) >= 11 is 0. The fraction of sp³-hybridized carbons (Fsp3) is 0.444. The Morgan fingerprint density at radius 2 is 2.08 bits per heavy atom. The van der Waals surface area contributed by atoms with Crippen molar-refractivity contribution in [1.29, 1.82) is 5.26 Å². The van der Waals surface area contributed by atoms with Crippen LogP contribution in [0.3, 0.4) is 0 Å². The van der Waals surface area contributed by atoms with Gasteiger partial charge in [0.05, 0.1) is 29.2 Å². The number of amides is 1. The number of carbonyl (C=O) groups excluding carboxylic acids is 1. The quantitative estimate of drug-likeness (QED) is 0.549. The smallest absolute Gasteiger partial charge is 0.273 e. The fourth-order valence-corrected chi connectivity index (χ4v) is 4.52. The molecule has 1 aromatic carbocycles. The number of aryl methyl sites for hydroxylation is 1. The van der Waals surface area contributed by atoms with E-state index in [1.54, 1.807) is 17.1 Å². The molecule has 3 aromatic rings. The molecule has 1 fully saturated rings. The Kier molecular flexibility index (Phi) is 7.36. The minimum absolute atomic E-state index is 0.242. The molecule has 1 atom stereocenters. The Bertz CT molecular complexity index is 1280. The fourth-order valence-electron chi connectivity index (χ4n) is 4.52. The molecule has 0 saturated carbocycles. The molecule has 9 nitrogen and oxygen atoms in total. The number of piperidine rings is 1. The molecule has 2 aromatic heterocycles. The lowest BCUT2D eigenvalue weighted by Gasteiger charge is -2.35. The van der Waals surface area contributed by atoms with E-state index in [4.69, 9.17) is 0 Å². The first-order valence-corrected chi connectivity index (χ1v) is 12.3. The number of carbonyl (C=O) groups is 1. The maximum atomic E-state index is 12.6. The van der Waals surface area contributed by atoms with Crippen LogP contribution >= 0.6 is 0 Å². The molecule has 1 amide bonds. The van der Waals surface area contributed by atoms with Crippen molar-refractivity contribution in [2.75, 3.05) is 25.0 Å². The van der Waals surface area contributed by atoms with Crippen LogP contribution in [0.4, 0.5) is 5.69 Å². The molecule has 2 N–H and O–H groups in total. The lowest BCUT2D eigenvalue weighted by atomic mass is 9.95. The Hall–Kier alpha value is -3.77. The Morgan fingerprint density at radius 3 is 2.75 bits per heavy atom. The number of pyridine rings is 1. The number of hydrogen-bond acceptors (Lipinski definition) is 7. The predicted octanol–water partition coefficient (Wildman–Crippen LogP) is 3.39. The third-order valence-corrected chi connectivity index (χ3v) is 6.70. The van der Waals surface area contributed by atoms with Crippen molar-refractivity contribution in [2.24, 2.45) is 0 Å². The molecule has 0 bridgehead atoms. The van der Waals surface area contributed by atoms with Gasteiger partial charge < -0.3 is 15.5 Å². The number of anilines is 1. The first-order chi connectivity index (χ1) is 17.2. The first-order valence-electron chi connectivity index (χ1n) is 12.3. The Morgan fingerprint density at radius 1 is 1.28 bits per heavy atom. The number of rotatable bonds is 6. The van der Waals surface area contributed by atoms with Gasteiger partial charge in [0.1, 0.15) is 6.07 Å². The van der Waals surface area contributed by atoms with Gasteiger partial charge in [-0.15, -0.1) is 5.10 Å². The van der Waals surface area contributed by atoms with E-state index in [2.05, 4.69) is 43.0 Å². The minimum atomic E-state index is -0.263. The molecule has 36 heavy (non-hydrogen) atoms. The van der Waals surface area contributed by atoms with Gasteiger partial charge in [0.15, 0.2) is 5.69 Å². The van der Waals surface area contributed by atoms with Gasteiger partial charge in [-0.2, -0.15) is 5.26 Å². The summed E-state index contributed by atoms with van der Waals surface area (Å²) < 4.78 is 1.68. The van der Waals surface area contributed by atoms with E-state index in [0.29, 0.717) is 23.8 Å². The molecule has 0 unspecified atom stereocenters. The molecule has 0 radical (unpaired) electrons. The number of nitrogens with zero attached hydrogens (tertiary/aromatic N) is 6. The zero-order valence-corrected chi connectivity index (χ0v) is 21.7. The average molecular weight is 487 g/mol. The van der Waals surface area contributed by atoms with E-state index in [-0.39, 0.29) is 11.4 Å². The lowest BCUT2D eigenvalue weighted by molar-refractivity contribution is 0.0945. The van der Waals surface area contributed by atoms with Crippen LogP contribution in [-0.4, -0.2) is 52.1 Å². The summed E-state index contributed by atoms with van der Waals surface area (Å²) in [6.07, 6.45) is 7.39. The van der Waals surface area contributed by atoms with Crippen molar-refractivity contribution >= 4 is 11.6 Å². The zero-order valence-electron chi connectivity index (χ0n) is 21.7. The minimum Gasteiger partial charge on any atom is -0.368 e. The van der Waals surface area contributed by atoms with Crippen LogP contribution in [0.25, 0.3) is 11.1 Å². The molecule has 3 heterocycles. The van der Waals surface area contributed by atoms with Crippen molar-refractivity contribution in [1.82, 2.24) is 30.6 Å². The number of benzene rings is 1. The molecule has 1 aliphatic heterocycles. The molecule has 4 rings (SSSR count). The maximum absolute atomic E-state index is 12.6. The van der Waals surface area contributed by atoms with Gasteiger partial charge in [-0.3, -0.25) is 9.78 Å². The highest BCUT2D eigenvalue weighted by Gasteiger charge is 2.23. The van der Waals surface area contributed by atoms with Crippen LogP contribution in [-0.2, 0) is 12.1 Å². The van der Waals surface area contributed by atoms with Gasteiger partial charge in [-0.25, -0.2) is 4.68 Å². The van der Waals surface area contributed by atoms with Crippen molar-refractivity contribution in [2.45, 2.75) is 58.7 Å². The molecule has 0 aliphatic carbocycles. The molecule has 188 valence electrons. The summed E-state index contributed by atoms with van der Waals surface area (Å²) in [5.74, 6) is -0.263. The van der Waals surface area contributed by atoms with E-state index in [0.717, 1.165) is 53.9 Å². The highest BCUT2D eigenvalue weighted by Crippen LogP contribution is 2.35. The van der Waals surface area contributed by atoms with Crippen LogP contribution in [0, 0.1) is 18.3 Å². The second-order valence-corrected chi connectivity index (χ2v) is 10.3. The Balaban J connectivity index is 1.55. The lowest BCUT2D eigenvalue weighted by Crippen LogP contribution is -2.44. The van der Waals surface area contributed by atoms with Crippen molar-refractivity contribution < 1.29 is 4.79 Å². The molecule has 9 heteroatoms. The van der Waals surface area contributed by atoms with Crippen molar-refractivity contribution in [3.8, 4) is 17.2 Å². The van der Waals surface area contributed by atoms with Gasteiger partial charge >= 0.3 is 0 Å². The van der Waals surface area contributed by atoms with Crippen LogP contribution in [0.15, 0.2) is 36.8 Å². The summed E-state index contributed by atoms with van der Waals surface area (Å²) in [5.41, 5.74) is 5.49. The van der Waals surface area contributed by atoms with E-state index in [1.165, 1.54) is 0 Å². The summed E-state index contributed by atoms with van der Waals surface area (Å²) in [5, 5.41) is 24.3. The summed E-state index contributed by atoms with van der Waals surface area (Å²) in [4.78, 5) is 19.3. The standard InChI is InChI=1S/C27H34N8O/c1-18-11-19(8-9-20(18)14-31-26(36)23-17-35(33-32-23)27(2,3)4)25-21(12-28)13-30-15-24(25)34-10-6-7-22(16-34)29-5/h8-9,11,13,15,17,22,29H,6-7,10,14,16H2,1-5H3,(H,31,36)/t22-/m1/s1. The molecule has 0 spiro atoms. The molecular weight excluding hydrogens is 452 g/mol. The molecule has 1 saturated heterocycles. The molecule has 1 aliphatic rings. The Labute approximate surface area is 212 Å². The monoisotopic (exact) mass is 486 g/mol. The third-order valence-electron chi connectivity index (χ3n) is 6.70. The van der Waals surface area contributed by atoms with Crippen LogP contribution < -0.4 is 15.5 Å². The van der Waals surface area contributed by atoms with E-state index >= 15 is 0 Å². The normalized spacial score (nSPS) is 16.0. The molecular formula is C27H34N8O. The van der Waals surface area contributed by atoms with Crippen molar-refractivity contribution in [3.63, 3.8) is 0 Å². The number of aromatic nitrogens is 4. The van der Waals surface area contributed by atoms with Gasteiger partial charge in [-0.1, -0.05) is 23.4 Å². The predicted molar refractivity (Wildman–Crippen MR) is 140 cm³/mol. The van der Waals surface area contributed by atoms with Gasteiger partial charge in [0.25, 0.3) is 5.91 Å². The number of nitriles is 1. The number of nitrogens with one attached hydrogen (secondary N) is 2. The zero-order chi connectivity index (χ0) is 25.9. The second kappa shape index (κ2) is 10.5. The third kappa shape index (κ3) is 5.39. The van der Waals surface area contributed by atoms with Crippen molar-refractivity contribution in [3.05, 3.63) is 59.2 Å². The maximum Gasteiger partial charge on any atom is 0.273 e. The SMILES string of the molecule is CN[C@@H]1CCCN(c2cncc(C#N)c2-c2ccc(CNC(=O)c3cn(C(C)(C)C)nn3)c(C)c2)C1.